The van der Waals surface area contributed by atoms with Crippen LogP contribution >= 0.6 is 0 Å². The summed E-state index contributed by atoms with van der Waals surface area (Å²) < 4.78 is 6.60. The number of aryl methyl sites for hydroxylation is 4. The van der Waals surface area contributed by atoms with Crippen molar-refractivity contribution < 1.29 is 0 Å². The van der Waals surface area contributed by atoms with Crippen molar-refractivity contribution in [2.75, 3.05) is 0 Å². The molecular formula is C24H23N5O2. The molecule has 0 aliphatic carbocycles. The van der Waals surface area contributed by atoms with Crippen LogP contribution in [0.1, 0.15) is 16.8 Å². The largest absolute Gasteiger partial charge is 0.332 e. The summed E-state index contributed by atoms with van der Waals surface area (Å²) in [6, 6.07) is 17.9. The molecule has 0 saturated heterocycles. The van der Waals surface area contributed by atoms with E-state index in [1.165, 1.54) is 9.13 Å². The fraction of sp³-hybridized carbons (Fsp3) is 0.208. The predicted octanol–water partition coefficient (Wildman–Crippen LogP) is 3.00. The highest BCUT2D eigenvalue weighted by Crippen LogP contribution is 2.23. The van der Waals surface area contributed by atoms with Crippen molar-refractivity contribution in [3.63, 3.8) is 0 Å². The normalized spacial score (nSPS) is 11.6. The van der Waals surface area contributed by atoms with Crippen LogP contribution in [0.25, 0.3) is 22.6 Å². The standard InChI is InChI=1S/C24H23N5O2/c1-16-9-7-8-12-19(16)29-17(2)15-28-20-21(25-23(28)29)26(3)24(31)27(22(20)30)14-13-18-10-5-4-6-11-18/h4-12,15H,13-14H2,1-3H3. The molecule has 5 rings (SSSR count). The summed E-state index contributed by atoms with van der Waals surface area (Å²) in [5, 5.41) is 0. The number of benzene rings is 2. The summed E-state index contributed by atoms with van der Waals surface area (Å²) in [6.07, 6.45) is 2.51. The van der Waals surface area contributed by atoms with Gasteiger partial charge in [-0.1, -0.05) is 48.5 Å². The Kier molecular flexibility index (Phi) is 4.39. The van der Waals surface area contributed by atoms with E-state index in [4.69, 9.17) is 4.98 Å². The smallest absolute Gasteiger partial charge is 0.283 e. The lowest BCUT2D eigenvalue weighted by atomic mass is 10.1. The number of imidazole rings is 2. The molecule has 7 heteroatoms. The molecule has 0 aliphatic heterocycles. The molecule has 3 aromatic heterocycles. The van der Waals surface area contributed by atoms with Crippen LogP contribution in [0.2, 0.25) is 0 Å². The molecule has 0 fully saturated rings. The molecule has 0 spiro atoms. The van der Waals surface area contributed by atoms with Gasteiger partial charge in [0.25, 0.3) is 5.56 Å². The van der Waals surface area contributed by atoms with E-state index in [0.29, 0.717) is 29.9 Å². The minimum Gasteiger partial charge on any atom is -0.283 e. The Hall–Kier alpha value is -3.87. The number of aromatic nitrogens is 5. The Morgan fingerprint density at radius 2 is 1.65 bits per heavy atom. The zero-order chi connectivity index (χ0) is 21.7. The summed E-state index contributed by atoms with van der Waals surface area (Å²) in [5.41, 5.74) is 4.28. The maximum Gasteiger partial charge on any atom is 0.332 e. The summed E-state index contributed by atoms with van der Waals surface area (Å²) in [6.45, 7) is 4.35. The fourth-order valence-electron chi connectivity index (χ4n) is 4.21. The Balaban J connectivity index is 1.74. The maximum absolute atomic E-state index is 13.4. The summed E-state index contributed by atoms with van der Waals surface area (Å²) in [7, 11) is 1.67. The van der Waals surface area contributed by atoms with Gasteiger partial charge in [0, 0.05) is 25.5 Å². The number of rotatable bonds is 4. The molecule has 2 aromatic carbocycles. The van der Waals surface area contributed by atoms with Crippen molar-refractivity contribution in [1.82, 2.24) is 23.1 Å². The van der Waals surface area contributed by atoms with Gasteiger partial charge in [0.2, 0.25) is 5.78 Å². The van der Waals surface area contributed by atoms with E-state index >= 15 is 0 Å². The van der Waals surface area contributed by atoms with Gasteiger partial charge in [0.1, 0.15) is 0 Å². The third-order valence-corrected chi connectivity index (χ3v) is 5.85. The maximum atomic E-state index is 13.4. The van der Waals surface area contributed by atoms with Crippen LogP contribution in [0, 0.1) is 13.8 Å². The summed E-state index contributed by atoms with van der Waals surface area (Å²) >= 11 is 0. The van der Waals surface area contributed by atoms with E-state index in [1.54, 1.807) is 11.4 Å². The van der Waals surface area contributed by atoms with Gasteiger partial charge in [0.05, 0.1) is 5.69 Å². The molecule has 0 unspecified atom stereocenters. The molecule has 0 bridgehead atoms. The van der Waals surface area contributed by atoms with Crippen LogP contribution in [0.3, 0.4) is 0 Å². The number of para-hydroxylation sites is 1. The first-order chi connectivity index (χ1) is 15.0. The van der Waals surface area contributed by atoms with E-state index in [1.807, 2.05) is 79.2 Å². The van der Waals surface area contributed by atoms with Crippen LogP contribution in [0.4, 0.5) is 0 Å². The molecule has 0 N–H and O–H groups in total. The first-order valence-corrected chi connectivity index (χ1v) is 10.3. The topological polar surface area (TPSA) is 66.2 Å². The van der Waals surface area contributed by atoms with Gasteiger partial charge in [-0.05, 0) is 37.5 Å². The van der Waals surface area contributed by atoms with E-state index in [0.717, 1.165) is 22.5 Å². The highest BCUT2D eigenvalue weighted by molar-refractivity contribution is 5.76. The van der Waals surface area contributed by atoms with Gasteiger partial charge in [-0.15, -0.1) is 0 Å². The summed E-state index contributed by atoms with van der Waals surface area (Å²) in [5.74, 6) is 0.620. The first-order valence-electron chi connectivity index (χ1n) is 10.3. The molecular weight excluding hydrogens is 390 g/mol. The van der Waals surface area contributed by atoms with Gasteiger partial charge < -0.3 is 0 Å². The minimum atomic E-state index is -0.353. The Labute approximate surface area is 178 Å². The van der Waals surface area contributed by atoms with Crippen molar-refractivity contribution >= 4 is 16.9 Å². The average molecular weight is 413 g/mol. The van der Waals surface area contributed by atoms with Crippen LogP contribution in [0.5, 0.6) is 0 Å². The first kappa shape index (κ1) is 19.1. The zero-order valence-electron chi connectivity index (χ0n) is 17.7. The van der Waals surface area contributed by atoms with Crippen molar-refractivity contribution in [3.05, 3.63) is 98.5 Å². The van der Waals surface area contributed by atoms with Crippen LogP contribution < -0.4 is 11.2 Å². The minimum absolute atomic E-state index is 0.316. The zero-order valence-corrected chi connectivity index (χ0v) is 17.7. The molecule has 0 radical (unpaired) electrons. The van der Waals surface area contributed by atoms with Gasteiger partial charge in [-0.2, -0.15) is 4.98 Å². The summed E-state index contributed by atoms with van der Waals surface area (Å²) in [4.78, 5) is 31.1. The van der Waals surface area contributed by atoms with Crippen LogP contribution in [0.15, 0.2) is 70.4 Å². The molecule has 5 aromatic rings. The number of hydrogen-bond acceptors (Lipinski definition) is 3. The highest BCUT2D eigenvalue weighted by atomic mass is 16.2. The van der Waals surface area contributed by atoms with Crippen molar-refractivity contribution in [2.24, 2.45) is 7.05 Å². The van der Waals surface area contributed by atoms with Crippen LogP contribution in [-0.4, -0.2) is 23.1 Å². The number of hydrogen-bond donors (Lipinski definition) is 0. The Bertz CT molecular complexity index is 1550. The quantitative estimate of drug-likeness (QED) is 0.455. The fourth-order valence-corrected chi connectivity index (χ4v) is 4.21. The lowest BCUT2D eigenvalue weighted by Crippen LogP contribution is -2.39. The molecule has 0 saturated carbocycles. The second kappa shape index (κ2) is 7.12. The van der Waals surface area contributed by atoms with Gasteiger partial charge in [-0.25, -0.2) is 4.79 Å². The predicted molar refractivity (Wildman–Crippen MR) is 121 cm³/mol. The van der Waals surface area contributed by atoms with Gasteiger partial charge in [0.15, 0.2) is 11.2 Å². The molecule has 0 aliphatic rings. The van der Waals surface area contributed by atoms with E-state index < -0.39 is 0 Å². The Morgan fingerprint density at radius 3 is 2.39 bits per heavy atom. The SMILES string of the molecule is Cc1ccccc1-n1c(C)cn2c3c(=O)n(CCc4ccccc4)c(=O)n(C)c3nc12. The van der Waals surface area contributed by atoms with E-state index in [9.17, 15) is 9.59 Å². The second-order valence-electron chi connectivity index (χ2n) is 7.88. The third kappa shape index (κ3) is 2.92. The van der Waals surface area contributed by atoms with E-state index in [2.05, 4.69) is 0 Å². The van der Waals surface area contributed by atoms with Gasteiger partial charge in [-0.3, -0.25) is 22.9 Å². The van der Waals surface area contributed by atoms with Gasteiger partial charge >= 0.3 is 5.69 Å². The van der Waals surface area contributed by atoms with Crippen molar-refractivity contribution in [3.8, 4) is 5.69 Å². The molecule has 0 atom stereocenters. The van der Waals surface area contributed by atoms with Crippen molar-refractivity contribution in [1.29, 1.82) is 0 Å². The molecule has 7 nitrogen and oxygen atoms in total. The third-order valence-electron chi connectivity index (χ3n) is 5.85. The second-order valence-corrected chi connectivity index (χ2v) is 7.88. The number of fused-ring (bicyclic) bond motifs is 3. The molecule has 156 valence electrons. The average Bonchev–Trinajstić information content (AvgIpc) is 3.28. The lowest BCUT2D eigenvalue weighted by molar-refractivity contribution is 0.602. The Morgan fingerprint density at radius 1 is 0.935 bits per heavy atom. The molecule has 31 heavy (non-hydrogen) atoms. The monoisotopic (exact) mass is 413 g/mol. The lowest BCUT2D eigenvalue weighted by Gasteiger charge is -2.09. The molecule has 3 heterocycles. The van der Waals surface area contributed by atoms with Crippen molar-refractivity contribution in [2.45, 2.75) is 26.8 Å². The molecule has 0 amide bonds. The van der Waals surface area contributed by atoms with Crippen LogP contribution in [-0.2, 0) is 20.0 Å². The number of nitrogens with zero attached hydrogens (tertiary/aromatic N) is 5. The highest BCUT2D eigenvalue weighted by Gasteiger charge is 2.21. The van der Waals surface area contributed by atoms with E-state index in [-0.39, 0.29) is 11.2 Å².